The molecule has 0 bridgehead atoms. The zero-order valence-corrected chi connectivity index (χ0v) is 19.1. The monoisotopic (exact) mass is 520 g/mol. The molecule has 2 rings (SSSR count). The Bertz CT molecular complexity index is 954. The second kappa shape index (κ2) is 10.5. The van der Waals surface area contributed by atoms with Gasteiger partial charge in [-0.15, -0.1) is 24.0 Å². The van der Waals surface area contributed by atoms with Gasteiger partial charge in [-0.2, -0.15) is 0 Å². The Labute approximate surface area is 181 Å². The third-order valence-electron chi connectivity index (χ3n) is 3.74. The van der Waals surface area contributed by atoms with Gasteiger partial charge in [0, 0.05) is 12.8 Å². The quantitative estimate of drug-likeness (QED) is 0.291. The minimum absolute atomic E-state index is 0. The van der Waals surface area contributed by atoms with Crippen molar-refractivity contribution >= 4 is 45.7 Å². The van der Waals surface area contributed by atoms with Crippen LogP contribution in [0.2, 0.25) is 0 Å². The van der Waals surface area contributed by atoms with Crippen molar-refractivity contribution < 1.29 is 17.6 Å². The number of nitrogens with zero attached hydrogens (tertiary/aromatic N) is 1. The second-order valence-electron chi connectivity index (χ2n) is 6.05. The average molecular weight is 520 g/mol. The van der Waals surface area contributed by atoms with E-state index in [1.807, 2.05) is 13.0 Å². The summed E-state index contributed by atoms with van der Waals surface area (Å²) in [6.07, 6.45) is 1.19. The molecule has 0 radical (unpaired) electrons. The van der Waals surface area contributed by atoms with Gasteiger partial charge in [-0.25, -0.2) is 13.4 Å². The maximum atomic E-state index is 11.7. The van der Waals surface area contributed by atoms with Gasteiger partial charge in [0.25, 0.3) is 5.91 Å². The number of hydrogen-bond acceptors (Lipinski definition) is 5. The summed E-state index contributed by atoms with van der Waals surface area (Å²) in [6, 6.07) is 8.36. The highest BCUT2D eigenvalue weighted by Crippen LogP contribution is 2.17. The number of hydrogen-bond donors (Lipinski definition) is 3. The molecule has 0 aliphatic carbocycles. The first kappa shape index (κ1) is 24.0. The van der Waals surface area contributed by atoms with Crippen LogP contribution >= 0.6 is 24.0 Å². The van der Waals surface area contributed by atoms with Crippen molar-refractivity contribution in [3.8, 4) is 0 Å². The average Bonchev–Trinajstić information content (AvgIpc) is 3.05. The van der Waals surface area contributed by atoms with E-state index in [0.717, 1.165) is 5.56 Å². The van der Waals surface area contributed by atoms with E-state index in [-0.39, 0.29) is 29.7 Å². The maximum absolute atomic E-state index is 11.7. The molecule has 1 heterocycles. The number of primary amides is 1. The van der Waals surface area contributed by atoms with E-state index in [2.05, 4.69) is 15.6 Å². The van der Waals surface area contributed by atoms with Gasteiger partial charge in [-0.05, 0) is 43.2 Å². The number of benzene rings is 1. The first-order valence-electron chi connectivity index (χ1n) is 8.41. The van der Waals surface area contributed by atoms with E-state index < -0.39 is 15.7 Å². The van der Waals surface area contributed by atoms with Crippen LogP contribution in [0, 0.1) is 6.92 Å². The van der Waals surface area contributed by atoms with E-state index in [9.17, 15) is 13.2 Å². The molecule has 0 saturated heterocycles. The molecule has 28 heavy (non-hydrogen) atoms. The summed E-state index contributed by atoms with van der Waals surface area (Å²) in [6.45, 7) is 5.10. The Morgan fingerprint density at radius 3 is 2.46 bits per heavy atom. The van der Waals surface area contributed by atoms with Crippen LogP contribution in [0.4, 0.5) is 0 Å². The highest BCUT2D eigenvalue weighted by Gasteiger charge is 2.11. The molecule has 0 aliphatic heterocycles. The normalized spacial score (nSPS) is 11.6. The van der Waals surface area contributed by atoms with Crippen LogP contribution in [0.25, 0.3) is 0 Å². The number of nitrogens with one attached hydrogen (secondary N) is 2. The van der Waals surface area contributed by atoms with Crippen molar-refractivity contribution in [2.45, 2.75) is 31.8 Å². The maximum Gasteiger partial charge on any atom is 0.284 e. The van der Waals surface area contributed by atoms with E-state index in [0.29, 0.717) is 41.8 Å². The molecule has 0 aliphatic rings. The van der Waals surface area contributed by atoms with Crippen LogP contribution in [-0.4, -0.2) is 33.1 Å². The van der Waals surface area contributed by atoms with Crippen LogP contribution in [0.3, 0.4) is 0 Å². The third-order valence-corrected chi connectivity index (χ3v) is 4.99. The summed E-state index contributed by atoms with van der Waals surface area (Å²) >= 11 is 0. The van der Waals surface area contributed by atoms with Crippen molar-refractivity contribution in [3.63, 3.8) is 0 Å². The smallest absolute Gasteiger partial charge is 0.284 e. The molecule has 4 N–H and O–H groups in total. The molecule has 0 saturated carbocycles. The largest absolute Gasteiger partial charge is 0.454 e. The van der Waals surface area contributed by atoms with Gasteiger partial charge in [0.05, 0.1) is 18.0 Å². The van der Waals surface area contributed by atoms with Gasteiger partial charge >= 0.3 is 0 Å². The van der Waals surface area contributed by atoms with Crippen molar-refractivity contribution in [2.75, 3.05) is 12.8 Å². The van der Waals surface area contributed by atoms with Gasteiger partial charge < -0.3 is 20.8 Å². The number of halogens is 1. The number of carbonyl (C=O) groups is 1. The number of aliphatic imine (C=N–C) groups is 1. The van der Waals surface area contributed by atoms with Crippen molar-refractivity contribution in [3.05, 3.63) is 53.0 Å². The lowest BCUT2D eigenvalue weighted by Gasteiger charge is -2.11. The van der Waals surface area contributed by atoms with Gasteiger partial charge in [-0.3, -0.25) is 4.79 Å². The van der Waals surface area contributed by atoms with Crippen molar-refractivity contribution in [2.24, 2.45) is 10.7 Å². The summed E-state index contributed by atoms with van der Waals surface area (Å²) in [5.74, 6) is 0.618. The number of rotatable bonds is 7. The lowest BCUT2D eigenvalue weighted by atomic mass is 10.1. The molecule has 0 fully saturated rings. The second-order valence-corrected chi connectivity index (χ2v) is 8.04. The van der Waals surface area contributed by atoms with Gasteiger partial charge in [0.15, 0.2) is 21.6 Å². The molecule has 2 aromatic rings. The predicted octanol–water partition coefficient (Wildman–Crippen LogP) is 1.96. The first-order valence-corrected chi connectivity index (χ1v) is 10.3. The van der Waals surface area contributed by atoms with E-state index in [4.69, 9.17) is 10.2 Å². The number of sulfone groups is 1. The first-order chi connectivity index (χ1) is 12.7. The minimum Gasteiger partial charge on any atom is -0.454 e. The number of guanidine groups is 1. The zero-order chi connectivity index (χ0) is 20.0. The molecular weight excluding hydrogens is 495 g/mol. The Hall–Kier alpha value is -2.08. The molecule has 8 nitrogen and oxygen atoms in total. The molecular formula is C18H25IN4O4S. The highest BCUT2D eigenvalue weighted by atomic mass is 127. The van der Waals surface area contributed by atoms with Crippen LogP contribution in [0.15, 0.2) is 44.6 Å². The van der Waals surface area contributed by atoms with Crippen LogP contribution in [0.5, 0.6) is 0 Å². The number of furan rings is 1. The van der Waals surface area contributed by atoms with Gasteiger partial charge in [0.1, 0.15) is 5.76 Å². The fourth-order valence-corrected chi connectivity index (χ4v) is 3.47. The van der Waals surface area contributed by atoms with Crippen LogP contribution in [-0.2, 0) is 22.9 Å². The van der Waals surface area contributed by atoms with E-state index >= 15 is 0 Å². The SMILES string of the molecule is CCNC(=NCc1ccc(S(C)(=O)=O)c(C)c1)NCc1ccc(C(N)=O)o1.I. The topological polar surface area (TPSA) is 127 Å². The van der Waals surface area contributed by atoms with E-state index in [1.54, 1.807) is 25.1 Å². The molecule has 1 amide bonds. The standard InChI is InChI=1S/C18H24N4O4S.HI/c1-4-20-18(22-11-14-6-7-15(26-14)17(19)23)21-10-13-5-8-16(12(2)9-13)27(3,24)25;/h5-9H,4,10-11H2,1-3H3,(H2,19,23)(H2,20,21,22);1H. The summed E-state index contributed by atoms with van der Waals surface area (Å²) in [4.78, 5) is 15.9. The van der Waals surface area contributed by atoms with Crippen LogP contribution in [0.1, 0.15) is 34.4 Å². The van der Waals surface area contributed by atoms with Crippen LogP contribution < -0.4 is 16.4 Å². The number of carbonyl (C=O) groups excluding carboxylic acids is 1. The lowest BCUT2D eigenvalue weighted by molar-refractivity contribution is 0.0972. The third kappa shape index (κ3) is 6.82. The Kier molecular flexibility index (Phi) is 8.95. The van der Waals surface area contributed by atoms with Gasteiger partial charge in [-0.1, -0.05) is 12.1 Å². The highest BCUT2D eigenvalue weighted by molar-refractivity contribution is 14.0. The summed E-state index contributed by atoms with van der Waals surface area (Å²) in [7, 11) is -3.24. The summed E-state index contributed by atoms with van der Waals surface area (Å²) in [5, 5.41) is 6.22. The summed E-state index contributed by atoms with van der Waals surface area (Å²) < 4.78 is 28.7. The molecule has 10 heteroatoms. The Balaban J connectivity index is 0.00000392. The zero-order valence-electron chi connectivity index (χ0n) is 16.0. The van der Waals surface area contributed by atoms with E-state index in [1.165, 1.54) is 12.3 Å². The lowest BCUT2D eigenvalue weighted by Crippen LogP contribution is -2.36. The molecule has 0 spiro atoms. The number of aryl methyl sites for hydroxylation is 1. The fourth-order valence-electron chi connectivity index (χ4n) is 2.51. The number of amides is 1. The Morgan fingerprint density at radius 2 is 1.93 bits per heavy atom. The van der Waals surface area contributed by atoms with Gasteiger partial charge in [0.2, 0.25) is 0 Å². The number of nitrogens with two attached hydrogens (primary N) is 1. The summed E-state index contributed by atoms with van der Waals surface area (Å²) in [5.41, 5.74) is 6.75. The minimum atomic E-state index is -3.24. The Morgan fingerprint density at radius 1 is 1.21 bits per heavy atom. The predicted molar refractivity (Wildman–Crippen MR) is 119 cm³/mol. The van der Waals surface area contributed by atoms with Crippen molar-refractivity contribution in [1.82, 2.24) is 10.6 Å². The molecule has 1 aromatic carbocycles. The molecule has 1 aromatic heterocycles. The molecule has 0 unspecified atom stereocenters. The van der Waals surface area contributed by atoms with Crippen molar-refractivity contribution in [1.29, 1.82) is 0 Å². The fraction of sp³-hybridized carbons (Fsp3) is 0.333. The molecule has 0 atom stereocenters. The molecule has 154 valence electrons.